The van der Waals surface area contributed by atoms with Crippen molar-refractivity contribution in [3.63, 3.8) is 0 Å². The van der Waals surface area contributed by atoms with E-state index in [1.54, 1.807) is 0 Å². The highest BCUT2D eigenvalue weighted by Gasteiger charge is 2.21. The molecule has 0 aromatic carbocycles. The fourth-order valence-electron chi connectivity index (χ4n) is 2.37. The Balaban J connectivity index is 3.04. The summed E-state index contributed by atoms with van der Waals surface area (Å²) in [5.74, 6) is 2.79. The number of rotatable bonds is 7. The quantitative estimate of drug-likeness (QED) is 0.697. The Morgan fingerprint density at radius 1 is 1.12 bits per heavy atom. The van der Waals surface area contributed by atoms with Gasteiger partial charge in [0.2, 0.25) is 0 Å². The van der Waals surface area contributed by atoms with Crippen molar-refractivity contribution in [3.8, 4) is 0 Å². The molecule has 0 saturated heterocycles. The van der Waals surface area contributed by atoms with Crippen LogP contribution in [-0.2, 0) is 5.33 Å². The summed E-state index contributed by atoms with van der Waals surface area (Å²) in [6.45, 7) is 8.89. The molecule has 17 heavy (non-hydrogen) atoms. The van der Waals surface area contributed by atoms with E-state index in [4.69, 9.17) is 0 Å². The smallest absolute Gasteiger partial charge is 0.143 e. The van der Waals surface area contributed by atoms with Crippen LogP contribution >= 0.6 is 15.9 Å². The van der Waals surface area contributed by atoms with Crippen molar-refractivity contribution in [1.82, 2.24) is 14.8 Å². The molecule has 4 heteroatoms. The van der Waals surface area contributed by atoms with E-state index in [2.05, 4.69) is 58.4 Å². The first-order valence-corrected chi connectivity index (χ1v) is 7.77. The van der Waals surface area contributed by atoms with Crippen molar-refractivity contribution in [3.05, 3.63) is 11.6 Å². The predicted octanol–water partition coefficient (Wildman–Crippen LogP) is 4.44. The monoisotopic (exact) mass is 301 g/mol. The third-order valence-corrected chi connectivity index (χ3v) is 3.57. The number of hydrogen-bond acceptors (Lipinski definition) is 2. The van der Waals surface area contributed by atoms with Crippen LogP contribution in [0.2, 0.25) is 0 Å². The second-order valence-corrected chi connectivity index (χ2v) is 5.41. The number of aromatic nitrogens is 3. The number of alkyl halides is 1. The molecule has 0 bridgehead atoms. The molecule has 1 aromatic heterocycles. The van der Waals surface area contributed by atoms with E-state index < -0.39 is 0 Å². The minimum Gasteiger partial charge on any atom is -0.311 e. The van der Waals surface area contributed by atoms with Gasteiger partial charge in [-0.05, 0) is 26.7 Å². The number of hydrogen-bond donors (Lipinski definition) is 0. The molecule has 0 aliphatic rings. The van der Waals surface area contributed by atoms with Crippen molar-refractivity contribution in [2.75, 3.05) is 0 Å². The predicted molar refractivity (Wildman–Crippen MR) is 75.6 cm³/mol. The lowest BCUT2D eigenvalue weighted by Crippen LogP contribution is -2.13. The summed E-state index contributed by atoms with van der Waals surface area (Å²) in [5.41, 5.74) is 0. The molecular weight excluding hydrogens is 278 g/mol. The van der Waals surface area contributed by atoms with Crippen LogP contribution in [0.15, 0.2) is 0 Å². The summed E-state index contributed by atoms with van der Waals surface area (Å²) in [5, 5.41) is 9.52. The largest absolute Gasteiger partial charge is 0.311 e. The third-order valence-electron chi connectivity index (χ3n) is 3.07. The van der Waals surface area contributed by atoms with Crippen LogP contribution in [0, 0.1) is 0 Å². The topological polar surface area (TPSA) is 30.7 Å². The maximum Gasteiger partial charge on any atom is 0.143 e. The second-order valence-electron chi connectivity index (χ2n) is 4.85. The van der Waals surface area contributed by atoms with E-state index in [9.17, 15) is 0 Å². The summed E-state index contributed by atoms with van der Waals surface area (Å²) in [4.78, 5) is 0. The highest BCUT2D eigenvalue weighted by Crippen LogP contribution is 2.28. The number of halogens is 1. The SMILES string of the molecule is CCCC(CCC)c1nnc(CBr)n1C(C)C. The molecule has 1 aromatic rings. The van der Waals surface area contributed by atoms with Crippen LogP contribution in [0.3, 0.4) is 0 Å². The Labute approximate surface area is 113 Å². The van der Waals surface area contributed by atoms with Gasteiger partial charge in [0.15, 0.2) is 0 Å². The Morgan fingerprint density at radius 3 is 2.12 bits per heavy atom. The van der Waals surface area contributed by atoms with Gasteiger partial charge in [-0.1, -0.05) is 42.6 Å². The molecule has 0 atom stereocenters. The summed E-state index contributed by atoms with van der Waals surface area (Å²) >= 11 is 3.49. The van der Waals surface area contributed by atoms with Crippen molar-refractivity contribution in [2.45, 2.75) is 70.7 Å². The van der Waals surface area contributed by atoms with E-state index in [1.807, 2.05) is 0 Å². The molecule has 0 aliphatic heterocycles. The Hall–Kier alpha value is -0.380. The molecule has 3 nitrogen and oxygen atoms in total. The maximum atomic E-state index is 4.43. The van der Waals surface area contributed by atoms with Gasteiger partial charge < -0.3 is 4.57 Å². The van der Waals surface area contributed by atoms with Crippen LogP contribution in [0.5, 0.6) is 0 Å². The zero-order valence-electron chi connectivity index (χ0n) is 11.4. The van der Waals surface area contributed by atoms with Gasteiger partial charge >= 0.3 is 0 Å². The third kappa shape index (κ3) is 3.54. The zero-order chi connectivity index (χ0) is 12.8. The minimum absolute atomic E-state index is 0.434. The first-order valence-electron chi connectivity index (χ1n) is 6.65. The molecule has 98 valence electrons. The van der Waals surface area contributed by atoms with Crippen LogP contribution in [-0.4, -0.2) is 14.8 Å². The average Bonchev–Trinajstić information content (AvgIpc) is 2.72. The van der Waals surface area contributed by atoms with Crippen LogP contribution in [0.1, 0.15) is 77.0 Å². The fraction of sp³-hybridized carbons (Fsp3) is 0.846. The molecule has 1 rings (SSSR count). The maximum absolute atomic E-state index is 4.43. The molecule has 0 amide bonds. The lowest BCUT2D eigenvalue weighted by atomic mass is 9.97. The summed E-state index contributed by atoms with van der Waals surface area (Å²) in [6, 6.07) is 0.434. The van der Waals surface area contributed by atoms with Crippen LogP contribution < -0.4 is 0 Å². The van der Waals surface area contributed by atoms with Crippen LogP contribution in [0.25, 0.3) is 0 Å². The van der Waals surface area contributed by atoms with E-state index in [0.717, 1.165) is 11.2 Å². The minimum atomic E-state index is 0.434. The molecular formula is C13H24BrN3. The molecule has 0 saturated carbocycles. The standard InChI is InChI=1S/C13H24BrN3/c1-5-7-11(8-6-2)13-16-15-12(9-14)17(13)10(3)4/h10-11H,5-9H2,1-4H3. The van der Waals surface area contributed by atoms with Gasteiger partial charge in [0.1, 0.15) is 11.6 Å². The molecule has 1 heterocycles. The fourth-order valence-corrected chi connectivity index (χ4v) is 2.75. The summed E-state index contributed by atoms with van der Waals surface area (Å²) in [7, 11) is 0. The second kappa shape index (κ2) is 7.14. The molecule has 0 spiro atoms. The van der Waals surface area contributed by atoms with E-state index >= 15 is 0 Å². The van der Waals surface area contributed by atoms with Crippen LogP contribution in [0.4, 0.5) is 0 Å². The normalized spacial score (nSPS) is 11.7. The Kier molecular flexibility index (Phi) is 6.17. The van der Waals surface area contributed by atoms with Crippen molar-refractivity contribution in [1.29, 1.82) is 0 Å². The van der Waals surface area contributed by atoms with E-state index in [-0.39, 0.29) is 0 Å². The van der Waals surface area contributed by atoms with Gasteiger partial charge in [-0.2, -0.15) is 0 Å². The lowest BCUT2D eigenvalue weighted by molar-refractivity contribution is 0.472. The highest BCUT2D eigenvalue weighted by atomic mass is 79.9. The van der Waals surface area contributed by atoms with Gasteiger partial charge in [-0.25, -0.2) is 0 Å². The Bertz CT molecular complexity index is 327. The first kappa shape index (κ1) is 14.7. The van der Waals surface area contributed by atoms with Crippen molar-refractivity contribution < 1.29 is 0 Å². The molecule has 0 N–H and O–H groups in total. The first-order chi connectivity index (χ1) is 8.15. The molecule has 0 radical (unpaired) electrons. The molecule has 0 unspecified atom stereocenters. The lowest BCUT2D eigenvalue weighted by Gasteiger charge is -2.19. The zero-order valence-corrected chi connectivity index (χ0v) is 13.0. The number of nitrogens with zero attached hydrogens (tertiary/aromatic N) is 3. The van der Waals surface area contributed by atoms with E-state index in [1.165, 1.54) is 31.5 Å². The summed E-state index contributed by atoms with van der Waals surface area (Å²) in [6.07, 6.45) is 4.83. The van der Waals surface area contributed by atoms with E-state index in [0.29, 0.717) is 12.0 Å². The molecule has 0 aliphatic carbocycles. The van der Waals surface area contributed by atoms with Crippen molar-refractivity contribution in [2.24, 2.45) is 0 Å². The van der Waals surface area contributed by atoms with Gasteiger partial charge in [0, 0.05) is 12.0 Å². The highest BCUT2D eigenvalue weighted by molar-refractivity contribution is 9.08. The average molecular weight is 302 g/mol. The van der Waals surface area contributed by atoms with Gasteiger partial charge in [0.05, 0.1) is 5.33 Å². The van der Waals surface area contributed by atoms with Gasteiger partial charge in [0.25, 0.3) is 0 Å². The van der Waals surface area contributed by atoms with Gasteiger partial charge in [-0.15, -0.1) is 10.2 Å². The van der Waals surface area contributed by atoms with Gasteiger partial charge in [-0.3, -0.25) is 0 Å². The Morgan fingerprint density at radius 2 is 1.71 bits per heavy atom. The summed E-state index contributed by atoms with van der Waals surface area (Å²) < 4.78 is 2.30. The molecule has 0 fully saturated rings. The van der Waals surface area contributed by atoms with Crippen molar-refractivity contribution >= 4 is 15.9 Å².